The second-order valence-corrected chi connectivity index (χ2v) is 5.10. The van der Waals surface area contributed by atoms with Crippen molar-refractivity contribution in [2.75, 3.05) is 6.61 Å². The van der Waals surface area contributed by atoms with E-state index in [1.54, 1.807) is 24.3 Å². The summed E-state index contributed by atoms with van der Waals surface area (Å²) < 4.78 is 10.5. The fourth-order valence-corrected chi connectivity index (χ4v) is 2.03. The minimum absolute atomic E-state index is 0. The Hall–Kier alpha value is -1.99. The third kappa shape index (κ3) is 7.93. The molecule has 2 aromatic carbocycles. The zero-order valence-electron chi connectivity index (χ0n) is 14.5. The number of esters is 2. The molecule has 0 aliphatic carbocycles. The molecule has 0 atom stereocenters. The Bertz CT molecular complexity index is 660. The van der Waals surface area contributed by atoms with Crippen LogP contribution in [0.2, 0.25) is 0 Å². The first kappa shape index (κ1) is 26.2. The molecule has 6 nitrogen and oxygen atoms in total. The summed E-state index contributed by atoms with van der Waals surface area (Å²) in [6.45, 7) is 2.53. The molecule has 2 rings (SSSR count). The molecule has 0 bridgehead atoms. The van der Waals surface area contributed by atoms with E-state index in [0.717, 1.165) is 18.4 Å². The van der Waals surface area contributed by atoms with Crippen LogP contribution in [0.4, 0.5) is 0 Å². The third-order valence-corrected chi connectivity index (χ3v) is 3.31. The van der Waals surface area contributed by atoms with Gasteiger partial charge >= 0.3 is 33.7 Å². The quantitative estimate of drug-likeness (QED) is 0.406. The third-order valence-electron chi connectivity index (χ3n) is 3.31. The molecule has 2 aromatic rings. The molecule has 7 heteroatoms. The summed E-state index contributed by atoms with van der Waals surface area (Å²) >= 11 is 0. The molecule has 0 heterocycles. The Balaban J connectivity index is 0. The van der Waals surface area contributed by atoms with Crippen LogP contribution in [-0.4, -0.2) is 18.5 Å². The molecule has 0 aliphatic heterocycles. The van der Waals surface area contributed by atoms with E-state index in [9.17, 15) is 9.59 Å². The average Bonchev–Trinajstić information content (AvgIpc) is 2.60. The van der Waals surface area contributed by atoms with E-state index in [1.165, 1.54) is 0 Å². The molecular weight excluding hydrogens is 372 g/mol. The number of rotatable bonds is 7. The fraction of sp³-hybridized carbons (Fsp3) is 0.263. The molecule has 0 radical (unpaired) electrons. The van der Waals surface area contributed by atoms with Crippen LogP contribution in [0, 0.1) is 0 Å². The first-order valence-electron chi connectivity index (χ1n) is 7.69. The van der Waals surface area contributed by atoms with E-state index in [1.807, 2.05) is 37.3 Å². The summed E-state index contributed by atoms with van der Waals surface area (Å²) in [4.78, 5) is 24.3. The normalized spacial score (nSPS) is 8.96. The van der Waals surface area contributed by atoms with Crippen LogP contribution in [-0.2, 0) is 48.8 Å². The van der Waals surface area contributed by atoms with Crippen molar-refractivity contribution in [2.45, 2.75) is 26.4 Å². The second kappa shape index (κ2) is 14.2. The summed E-state index contributed by atoms with van der Waals surface area (Å²) in [7, 11) is 0. The molecule has 0 saturated carbocycles. The monoisotopic (exact) mass is 392 g/mol. The van der Waals surface area contributed by atoms with Gasteiger partial charge in [-0.15, -0.1) is 0 Å². The van der Waals surface area contributed by atoms with Gasteiger partial charge in [-0.2, -0.15) is 0 Å². The Morgan fingerprint density at radius 1 is 0.808 bits per heavy atom. The molecule has 0 aliphatic rings. The van der Waals surface area contributed by atoms with Crippen LogP contribution in [0.15, 0.2) is 54.6 Å². The van der Waals surface area contributed by atoms with Crippen LogP contribution in [0.1, 0.15) is 46.0 Å². The predicted molar refractivity (Wildman–Crippen MR) is 88.6 cm³/mol. The molecule has 136 valence electrons. The first-order chi connectivity index (χ1) is 11.2. The number of hydrogen-bond acceptors (Lipinski definition) is 4. The molecule has 26 heavy (non-hydrogen) atoms. The van der Waals surface area contributed by atoms with Crippen molar-refractivity contribution in [1.29, 1.82) is 0 Å². The second-order valence-electron chi connectivity index (χ2n) is 5.10. The van der Waals surface area contributed by atoms with E-state index in [4.69, 9.17) is 9.47 Å². The van der Waals surface area contributed by atoms with Gasteiger partial charge in [-0.3, -0.25) is 0 Å². The van der Waals surface area contributed by atoms with Crippen LogP contribution in [0.25, 0.3) is 0 Å². The number of ether oxygens (including phenoxy) is 2. The van der Waals surface area contributed by atoms with Gasteiger partial charge in [-0.25, -0.2) is 9.59 Å². The van der Waals surface area contributed by atoms with Gasteiger partial charge in [-0.1, -0.05) is 55.8 Å². The van der Waals surface area contributed by atoms with Gasteiger partial charge < -0.3 is 20.4 Å². The number of carbonyl (C=O) groups is 2. The van der Waals surface area contributed by atoms with E-state index in [0.29, 0.717) is 6.61 Å². The zero-order chi connectivity index (χ0) is 16.5. The van der Waals surface area contributed by atoms with Crippen LogP contribution in [0.5, 0.6) is 0 Å². The van der Waals surface area contributed by atoms with Gasteiger partial charge in [0.1, 0.15) is 6.61 Å². The molecule has 0 unspecified atom stereocenters. The maximum Gasteiger partial charge on any atom is 4.00 e. The van der Waals surface area contributed by atoms with Gasteiger partial charge in [0.15, 0.2) is 0 Å². The van der Waals surface area contributed by atoms with Crippen molar-refractivity contribution >= 4 is 11.9 Å². The SMILES string of the molecule is CCCCOC(=O)c1ccccc1C(=O)OCc1ccccc1.[O-2].[O-2].[Ti+4]. The smallest absolute Gasteiger partial charge is 2.00 e. The van der Waals surface area contributed by atoms with Crippen molar-refractivity contribution in [3.8, 4) is 0 Å². The number of unbranched alkanes of at least 4 members (excludes halogenated alkanes) is 1. The van der Waals surface area contributed by atoms with E-state index in [-0.39, 0.29) is 50.4 Å². The van der Waals surface area contributed by atoms with Gasteiger partial charge in [0.25, 0.3) is 0 Å². The number of carbonyl (C=O) groups excluding carboxylic acids is 2. The fourth-order valence-electron chi connectivity index (χ4n) is 2.03. The van der Waals surface area contributed by atoms with Crippen LogP contribution < -0.4 is 0 Å². The Kier molecular flexibility index (Phi) is 14.3. The van der Waals surface area contributed by atoms with Gasteiger partial charge in [0.05, 0.1) is 17.7 Å². The van der Waals surface area contributed by atoms with Crippen molar-refractivity contribution in [3.63, 3.8) is 0 Å². The summed E-state index contributed by atoms with van der Waals surface area (Å²) in [5.41, 5.74) is 1.36. The summed E-state index contributed by atoms with van der Waals surface area (Å²) in [5, 5.41) is 0. The number of benzene rings is 2. The summed E-state index contributed by atoms with van der Waals surface area (Å²) in [6, 6.07) is 15.9. The van der Waals surface area contributed by atoms with Crippen molar-refractivity contribution < 1.29 is 51.7 Å². The maximum absolute atomic E-state index is 12.2. The Morgan fingerprint density at radius 2 is 1.31 bits per heavy atom. The topological polar surface area (TPSA) is 110 Å². The Morgan fingerprint density at radius 3 is 1.85 bits per heavy atom. The largest absolute Gasteiger partial charge is 4.00 e. The minimum Gasteiger partial charge on any atom is -2.00 e. The number of hydrogen-bond donors (Lipinski definition) is 0. The standard InChI is InChI=1S/C19H20O4.2O.Ti/c1-2-3-13-22-18(20)16-11-7-8-12-17(16)19(21)23-14-15-9-5-4-6-10-15;;;/h4-12H,2-3,13-14H2,1H3;;;/q;2*-2;+4. The molecule has 0 amide bonds. The van der Waals surface area contributed by atoms with Crippen molar-refractivity contribution in [3.05, 3.63) is 71.3 Å². The van der Waals surface area contributed by atoms with Crippen molar-refractivity contribution in [2.24, 2.45) is 0 Å². The Labute approximate surface area is 168 Å². The summed E-state index contributed by atoms with van der Waals surface area (Å²) in [6.07, 6.45) is 1.74. The van der Waals surface area contributed by atoms with Gasteiger partial charge in [-0.05, 0) is 24.1 Å². The molecule has 0 aromatic heterocycles. The molecule has 0 fully saturated rings. The van der Waals surface area contributed by atoms with Crippen LogP contribution in [0.3, 0.4) is 0 Å². The van der Waals surface area contributed by atoms with E-state index < -0.39 is 11.9 Å². The maximum atomic E-state index is 12.2. The van der Waals surface area contributed by atoms with Crippen molar-refractivity contribution in [1.82, 2.24) is 0 Å². The molecule has 0 N–H and O–H groups in total. The van der Waals surface area contributed by atoms with Gasteiger partial charge in [0, 0.05) is 0 Å². The first-order valence-corrected chi connectivity index (χ1v) is 7.69. The summed E-state index contributed by atoms with van der Waals surface area (Å²) in [5.74, 6) is -1.03. The molecule has 0 saturated heterocycles. The average molecular weight is 392 g/mol. The van der Waals surface area contributed by atoms with Gasteiger partial charge in [0.2, 0.25) is 0 Å². The molecular formula is C19H20O6Ti. The molecule has 0 spiro atoms. The predicted octanol–water partition coefficient (Wildman–Crippen LogP) is 3.76. The van der Waals surface area contributed by atoms with Crippen LogP contribution >= 0.6 is 0 Å². The van der Waals surface area contributed by atoms with E-state index >= 15 is 0 Å². The minimum atomic E-state index is -0.531. The van der Waals surface area contributed by atoms with E-state index in [2.05, 4.69) is 0 Å². The zero-order valence-corrected chi connectivity index (χ0v) is 16.0.